The van der Waals surface area contributed by atoms with Gasteiger partial charge in [0, 0.05) is 30.7 Å². The highest BCUT2D eigenvalue weighted by Gasteiger charge is 2.31. The van der Waals surface area contributed by atoms with Gasteiger partial charge >= 0.3 is 0 Å². The molecule has 2 N–H and O–H groups in total. The van der Waals surface area contributed by atoms with Crippen LogP contribution in [0.3, 0.4) is 0 Å². The molecule has 2 aliphatic rings. The van der Waals surface area contributed by atoms with Crippen LogP contribution in [0.4, 0.5) is 5.69 Å². The molecule has 0 saturated heterocycles. The van der Waals surface area contributed by atoms with Gasteiger partial charge in [0.15, 0.2) is 0 Å². The van der Waals surface area contributed by atoms with Gasteiger partial charge in [0.05, 0.1) is 0 Å². The molecule has 0 radical (unpaired) electrons. The summed E-state index contributed by atoms with van der Waals surface area (Å²) in [4.78, 5) is 2.60. The van der Waals surface area contributed by atoms with Gasteiger partial charge in [-0.05, 0) is 43.7 Å². The van der Waals surface area contributed by atoms with E-state index in [9.17, 15) is 0 Å². The van der Waals surface area contributed by atoms with Crippen LogP contribution in [-0.4, -0.2) is 19.1 Å². The molecule has 18 heavy (non-hydrogen) atoms. The van der Waals surface area contributed by atoms with Crippen LogP contribution in [-0.2, 0) is 0 Å². The van der Waals surface area contributed by atoms with Crippen LogP contribution < -0.4 is 10.6 Å². The molecular weight excluding hydrogens is 220 g/mol. The Balaban J connectivity index is 1.77. The van der Waals surface area contributed by atoms with Crippen molar-refractivity contribution in [3.05, 3.63) is 29.8 Å². The summed E-state index contributed by atoms with van der Waals surface area (Å²) in [5, 5.41) is 0. The summed E-state index contributed by atoms with van der Waals surface area (Å²) in [6.07, 6.45) is 5.40. The van der Waals surface area contributed by atoms with Crippen LogP contribution >= 0.6 is 0 Å². The van der Waals surface area contributed by atoms with Crippen LogP contribution in [0.15, 0.2) is 24.3 Å². The van der Waals surface area contributed by atoms with E-state index < -0.39 is 0 Å². The molecule has 1 aromatic carbocycles. The Morgan fingerprint density at radius 3 is 2.78 bits per heavy atom. The lowest BCUT2D eigenvalue weighted by Crippen LogP contribution is -2.32. The van der Waals surface area contributed by atoms with Crippen LogP contribution in [0.25, 0.3) is 0 Å². The highest BCUT2D eigenvalue weighted by Crippen LogP contribution is 2.40. The Morgan fingerprint density at radius 2 is 2.11 bits per heavy atom. The Bertz CT molecular complexity index is 409. The van der Waals surface area contributed by atoms with Crippen LogP contribution in [0.2, 0.25) is 0 Å². The summed E-state index contributed by atoms with van der Waals surface area (Å²) in [5.41, 5.74) is 8.98. The van der Waals surface area contributed by atoms with Crippen molar-refractivity contribution < 1.29 is 0 Å². The van der Waals surface area contributed by atoms with Crippen molar-refractivity contribution in [1.82, 2.24) is 0 Å². The van der Waals surface area contributed by atoms with E-state index >= 15 is 0 Å². The van der Waals surface area contributed by atoms with E-state index in [0.29, 0.717) is 12.0 Å². The number of rotatable bonds is 4. The quantitative estimate of drug-likeness (QED) is 0.881. The molecule has 0 spiro atoms. The molecule has 1 aliphatic heterocycles. The average molecular weight is 244 g/mol. The number of nitrogens with zero attached hydrogens (tertiary/aromatic N) is 1. The van der Waals surface area contributed by atoms with Crippen LogP contribution in [0, 0.1) is 5.92 Å². The minimum atomic E-state index is 0.298. The van der Waals surface area contributed by atoms with Crippen molar-refractivity contribution in [2.24, 2.45) is 11.7 Å². The Hall–Kier alpha value is -1.02. The second-order valence-corrected chi connectivity index (χ2v) is 6.17. The SMILES string of the molecule is CC(N)CC1CN(CC2CCC2)c2ccccc21. The Kier molecular flexibility index (Phi) is 3.29. The van der Waals surface area contributed by atoms with Crippen LogP contribution in [0.5, 0.6) is 0 Å². The summed E-state index contributed by atoms with van der Waals surface area (Å²) in [6, 6.07) is 9.21. The molecule has 2 atom stereocenters. The van der Waals surface area contributed by atoms with E-state index in [1.54, 1.807) is 0 Å². The molecule has 0 bridgehead atoms. The first-order valence-electron chi connectivity index (χ1n) is 7.33. The maximum atomic E-state index is 5.99. The lowest BCUT2D eigenvalue weighted by Gasteiger charge is -2.31. The van der Waals surface area contributed by atoms with Crippen molar-refractivity contribution in [2.75, 3.05) is 18.0 Å². The number of para-hydroxylation sites is 1. The fourth-order valence-corrected chi connectivity index (χ4v) is 3.39. The van der Waals surface area contributed by atoms with Crippen LogP contribution in [0.1, 0.15) is 44.1 Å². The second kappa shape index (κ2) is 4.93. The van der Waals surface area contributed by atoms with Crippen molar-refractivity contribution in [1.29, 1.82) is 0 Å². The summed E-state index contributed by atoms with van der Waals surface area (Å²) in [5.74, 6) is 1.58. The first-order chi connectivity index (χ1) is 8.74. The van der Waals surface area contributed by atoms with Crippen molar-refractivity contribution in [2.45, 2.75) is 44.6 Å². The number of benzene rings is 1. The molecule has 1 fully saturated rings. The molecule has 2 heteroatoms. The smallest absolute Gasteiger partial charge is 0.0402 e. The maximum absolute atomic E-state index is 5.99. The van der Waals surface area contributed by atoms with Gasteiger partial charge in [0.1, 0.15) is 0 Å². The zero-order chi connectivity index (χ0) is 12.5. The molecule has 0 amide bonds. The second-order valence-electron chi connectivity index (χ2n) is 6.17. The Labute approximate surface area is 110 Å². The number of anilines is 1. The third-order valence-corrected chi connectivity index (χ3v) is 4.52. The number of fused-ring (bicyclic) bond motifs is 1. The van der Waals surface area contributed by atoms with E-state index in [-0.39, 0.29) is 0 Å². The van der Waals surface area contributed by atoms with Gasteiger partial charge < -0.3 is 10.6 Å². The zero-order valence-corrected chi connectivity index (χ0v) is 11.3. The third-order valence-electron chi connectivity index (χ3n) is 4.52. The molecule has 2 unspecified atom stereocenters. The molecule has 1 aromatic rings. The largest absolute Gasteiger partial charge is 0.370 e. The average Bonchev–Trinajstić information content (AvgIpc) is 2.62. The highest BCUT2D eigenvalue weighted by atomic mass is 15.2. The van der Waals surface area contributed by atoms with Gasteiger partial charge in [-0.3, -0.25) is 0 Å². The predicted octanol–water partition coefficient (Wildman–Crippen LogP) is 3.13. The van der Waals surface area contributed by atoms with E-state index in [1.807, 2.05) is 0 Å². The monoisotopic (exact) mass is 244 g/mol. The van der Waals surface area contributed by atoms with Gasteiger partial charge in [-0.1, -0.05) is 24.6 Å². The molecule has 3 rings (SSSR count). The minimum Gasteiger partial charge on any atom is -0.370 e. The first kappa shape index (κ1) is 12.0. The lowest BCUT2D eigenvalue weighted by atomic mass is 9.85. The standard InChI is InChI=1S/C16H24N2/c1-12(17)9-14-11-18(10-13-5-4-6-13)16-8-3-2-7-15(14)16/h2-3,7-8,12-14H,4-6,9-11,17H2,1H3. The van der Waals surface area contributed by atoms with E-state index in [1.165, 1.54) is 43.6 Å². The number of nitrogens with two attached hydrogens (primary N) is 1. The fourth-order valence-electron chi connectivity index (χ4n) is 3.39. The van der Waals surface area contributed by atoms with E-state index in [0.717, 1.165) is 12.3 Å². The molecule has 1 saturated carbocycles. The Morgan fingerprint density at radius 1 is 1.33 bits per heavy atom. The van der Waals surface area contributed by atoms with Gasteiger partial charge in [0.2, 0.25) is 0 Å². The van der Waals surface area contributed by atoms with Crippen molar-refractivity contribution in [3.8, 4) is 0 Å². The molecule has 98 valence electrons. The van der Waals surface area contributed by atoms with Gasteiger partial charge in [0.25, 0.3) is 0 Å². The molecule has 1 heterocycles. The van der Waals surface area contributed by atoms with Gasteiger partial charge in [-0.15, -0.1) is 0 Å². The molecule has 2 nitrogen and oxygen atoms in total. The summed E-state index contributed by atoms with van der Waals surface area (Å²) >= 11 is 0. The first-order valence-corrected chi connectivity index (χ1v) is 7.33. The minimum absolute atomic E-state index is 0.298. The van der Waals surface area contributed by atoms with Gasteiger partial charge in [-0.25, -0.2) is 0 Å². The highest BCUT2D eigenvalue weighted by molar-refractivity contribution is 5.60. The lowest BCUT2D eigenvalue weighted by molar-refractivity contribution is 0.317. The van der Waals surface area contributed by atoms with Crippen molar-refractivity contribution in [3.63, 3.8) is 0 Å². The third kappa shape index (κ3) is 2.26. The topological polar surface area (TPSA) is 29.3 Å². The maximum Gasteiger partial charge on any atom is 0.0402 e. The van der Waals surface area contributed by atoms with E-state index in [4.69, 9.17) is 5.73 Å². The summed E-state index contributed by atoms with van der Waals surface area (Å²) < 4.78 is 0. The number of hydrogen-bond donors (Lipinski definition) is 1. The fraction of sp³-hybridized carbons (Fsp3) is 0.625. The molecular formula is C16H24N2. The summed E-state index contributed by atoms with van der Waals surface area (Å²) in [6.45, 7) is 4.56. The molecule has 0 aromatic heterocycles. The zero-order valence-electron chi connectivity index (χ0n) is 11.3. The predicted molar refractivity (Wildman–Crippen MR) is 77.0 cm³/mol. The molecule has 1 aliphatic carbocycles. The van der Waals surface area contributed by atoms with E-state index in [2.05, 4.69) is 36.1 Å². The summed E-state index contributed by atoms with van der Waals surface area (Å²) in [7, 11) is 0. The normalized spacial score (nSPS) is 24.8. The number of hydrogen-bond acceptors (Lipinski definition) is 2. The van der Waals surface area contributed by atoms with Gasteiger partial charge in [-0.2, -0.15) is 0 Å². The van der Waals surface area contributed by atoms with Crippen molar-refractivity contribution >= 4 is 5.69 Å².